The van der Waals surface area contributed by atoms with Crippen LogP contribution in [0.15, 0.2) is 51.6 Å². The van der Waals surface area contributed by atoms with Gasteiger partial charge in [-0.2, -0.15) is 18.3 Å². The molecule has 2 aromatic heterocycles. The van der Waals surface area contributed by atoms with Gasteiger partial charge in [0.2, 0.25) is 0 Å². The molecule has 1 aromatic carbocycles. The number of carbonyl (C=O) groups excluding carboxylic acids is 1. The number of rotatable bonds is 3. The van der Waals surface area contributed by atoms with Gasteiger partial charge >= 0.3 is 6.18 Å². The minimum Gasteiger partial charge on any atom is -0.444 e. The van der Waals surface area contributed by atoms with Crippen molar-refractivity contribution in [1.82, 2.24) is 10.2 Å². The molecule has 0 unspecified atom stereocenters. The Morgan fingerprint density at radius 2 is 1.88 bits per heavy atom. The third-order valence-corrected chi connectivity index (χ3v) is 3.57. The highest BCUT2D eigenvalue weighted by Crippen LogP contribution is 2.39. The molecular formula is C15H9BrF3N3O2. The fourth-order valence-electron chi connectivity index (χ4n) is 2.13. The number of hydrogen-bond donors (Lipinski definition) is 2. The van der Waals surface area contributed by atoms with Gasteiger partial charge < -0.3 is 9.73 Å². The molecule has 0 saturated heterocycles. The summed E-state index contributed by atoms with van der Waals surface area (Å²) in [6, 6.07) is 10.8. The Hall–Kier alpha value is -2.55. The summed E-state index contributed by atoms with van der Waals surface area (Å²) >= 11 is 3.05. The van der Waals surface area contributed by atoms with Crippen LogP contribution in [0, 0.1) is 0 Å². The van der Waals surface area contributed by atoms with Crippen LogP contribution in [0.5, 0.6) is 0 Å². The van der Waals surface area contributed by atoms with E-state index in [1.165, 1.54) is 24.3 Å². The van der Waals surface area contributed by atoms with Gasteiger partial charge in [-0.3, -0.25) is 9.89 Å². The summed E-state index contributed by atoms with van der Waals surface area (Å²) in [5, 5.41) is 7.88. The normalized spacial score (nSPS) is 11.5. The molecule has 3 rings (SSSR count). The number of nitrogens with zero attached hydrogens (tertiary/aromatic N) is 1. The first-order valence-corrected chi connectivity index (χ1v) is 7.43. The van der Waals surface area contributed by atoms with E-state index in [2.05, 4.69) is 26.3 Å². The first kappa shape index (κ1) is 16.3. The number of H-pyrrole nitrogens is 1. The van der Waals surface area contributed by atoms with Crippen LogP contribution in [-0.4, -0.2) is 16.1 Å². The predicted molar refractivity (Wildman–Crippen MR) is 83.4 cm³/mol. The Balaban J connectivity index is 2.02. The lowest BCUT2D eigenvalue weighted by molar-refractivity contribution is -0.140. The van der Waals surface area contributed by atoms with Gasteiger partial charge in [0.05, 0.1) is 5.56 Å². The summed E-state index contributed by atoms with van der Waals surface area (Å²) in [5.41, 5.74) is -0.999. The highest BCUT2D eigenvalue weighted by Gasteiger charge is 2.38. The Bertz CT molecular complexity index is 872. The molecule has 124 valence electrons. The number of alkyl halides is 3. The summed E-state index contributed by atoms with van der Waals surface area (Å²) in [4.78, 5) is 12.1. The van der Waals surface area contributed by atoms with E-state index in [0.717, 1.165) is 0 Å². The van der Waals surface area contributed by atoms with Gasteiger partial charge in [-0.1, -0.05) is 30.3 Å². The first-order valence-electron chi connectivity index (χ1n) is 6.64. The zero-order valence-electron chi connectivity index (χ0n) is 11.8. The molecule has 5 nitrogen and oxygen atoms in total. The maximum absolute atomic E-state index is 13.2. The lowest BCUT2D eigenvalue weighted by Crippen LogP contribution is -2.12. The van der Waals surface area contributed by atoms with Gasteiger partial charge in [0, 0.05) is 0 Å². The van der Waals surface area contributed by atoms with E-state index < -0.39 is 17.8 Å². The van der Waals surface area contributed by atoms with Crippen molar-refractivity contribution in [3.05, 3.63) is 58.6 Å². The first-order chi connectivity index (χ1) is 11.4. The second-order valence-corrected chi connectivity index (χ2v) is 5.53. The number of halogens is 4. The average molecular weight is 400 g/mol. The molecule has 24 heavy (non-hydrogen) atoms. The maximum Gasteiger partial charge on any atom is 0.433 e. The molecule has 0 fully saturated rings. The standard InChI is InChI=1S/C15H9BrF3N3O2/c16-10-7-6-9(24-10)14(23)20-13-11(8-4-2-1-3-5-8)12(21-22-13)15(17,18)19/h1-7H,(H2,20,21,22,23). The minimum atomic E-state index is -4.64. The fourth-order valence-corrected chi connectivity index (χ4v) is 2.44. The van der Waals surface area contributed by atoms with Crippen molar-refractivity contribution in [3.8, 4) is 11.1 Å². The van der Waals surface area contributed by atoms with Gasteiger partial charge in [0.15, 0.2) is 16.2 Å². The van der Waals surface area contributed by atoms with Gasteiger partial charge in [0.25, 0.3) is 5.91 Å². The van der Waals surface area contributed by atoms with E-state index >= 15 is 0 Å². The number of benzene rings is 1. The van der Waals surface area contributed by atoms with Crippen molar-refractivity contribution in [2.24, 2.45) is 0 Å². The number of amides is 1. The number of nitrogens with one attached hydrogen (secondary N) is 2. The monoisotopic (exact) mass is 399 g/mol. The third-order valence-electron chi connectivity index (χ3n) is 3.14. The van der Waals surface area contributed by atoms with Gasteiger partial charge in [-0.15, -0.1) is 0 Å². The number of furan rings is 1. The molecule has 0 bridgehead atoms. The van der Waals surface area contributed by atoms with Crippen LogP contribution in [0.1, 0.15) is 16.2 Å². The SMILES string of the molecule is O=C(Nc1n[nH]c(C(F)(F)F)c1-c1ccccc1)c1ccc(Br)o1. The third kappa shape index (κ3) is 3.21. The predicted octanol–water partition coefficient (Wildman–Crippen LogP) is 4.70. The molecule has 0 atom stereocenters. The second-order valence-electron chi connectivity index (χ2n) is 4.74. The number of hydrogen-bond acceptors (Lipinski definition) is 3. The molecule has 0 spiro atoms. The quantitative estimate of drug-likeness (QED) is 0.670. The summed E-state index contributed by atoms with van der Waals surface area (Å²) in [6.07, 6.45) is -4.64. The van der Waals surface area contributed by atoms with Crippen molar-refractivity contribution in [3.63, 3.8) is 0 Å². The van der Waals surface area contributed by atoms with Crippen LogP contribution in [0.25, 0.3) is 11.1 Å². The highest BCUT2D eigenvalue weighted by molar-refractivity contribution is 9.10. The van der Waals surface area contributed by atoms with Gasteiger partial charge in [0.1, 0.15) is 5.69 Å². The van der Waals surface area contributed by atoms with E-state index in [-0.39, 0.29) is 22.7 Å². The van der Waals surface area contributed by atoms with Crippen LogP contribution in [0.3, 0.4) is 0 Å². The van der Waals surface area contributed by atoms with Crippen molar-refractivity contribution in [1.29, 1.82) is 0 Å². The Morgan fingerprint density at radius 1 is 1.17 bits per heavy atom. The van der Waals surface area contributed by atoms with Gasteiger partial charge in [-0.25, -0.2) is 0 Å². The fraction of sp³-hybridized carbons (Fsp3) is 0.0667. The van der Waals surface area contributed by atoms with Crippen molar-refractivity contribution >= 4 is 27.7 Å². The smallest absolute Gasteiger partial charge is 0.433 e. The average Bonchev–Trinajstić information content (AvgIpc) is 3.14. The molecule has 0 saturated carbocycles. The summed E-state index contributed by atoms with van der Waals surface area (Å²) in [7, 11) is 0. The zero-order chi connectivity index (χ0) is 17.3. The molecule has 0 aliphatic heterocycles. The van der Waals surface area contributed by atoms with Crippen LogP contribution >= 0.6 is 15.9 Å². The molecule has 0 aliphatic carbocycles. The number of aromatic nitrogens is 2. The maximum atomic E-state index is 13.2. The summed E-state index contributed by atoms with van der Waals surface area (Å²) < 4.78 is 45.0. The van der Waals surface area contributed by atoms with Crippen molar-refractivity contribution in [2.45, 2.75) is 6.18 Å². The van der Waals surface area contributed by atoms with E-state index in [4.69, 9.17) is 4.42 Å². The zero-order valence-corrected chi connectivity index (χ0v) is 13.4. The largest absolute Gasteiger partial charge is 0.444 e. The lowest BCUT2D eigenvalue weighted by atomic mass is 10.1. The van der Waals surface area contributed by atoms with Crippen LogP contribution in [-0.2, 0) is 6.18 Å². The topological polar surface area (TPSA) is 70.9 Å². The molecule has 9 heteroatoms. The molecule has 1 amide bonds. The lowest BCUT2D eigenvalue weighted by Gasteiger charge is -2.09. The Kier molecular flexibility index (Phi) is 4.18. The number of anilines is 1. The highest BCUT2D eigenvalue weighted by atomic mass is 79.9. The van der Waals surface area contributed by atoms with E-state index in [1.54, 1.807) is 18.2 Å². The van der Waals surface area contributed by atoms with E-state index in [9.17, 15) is 18.0 Å². The summed E-state index contributed by atoms with van der Waals surface area (Å²) in [5.74, 6) is -0.999. The van der Waals surface area contributed by atoms with Crippen LogP contribution in [0.4, 0.5) is 19.0 Å². The molecule has 0 radical (unpaired) electrons. The van der Waals surface area contributed by atoms with E-state index in [0.29, 0.717) is 4.67 Å². The van der Waals surface area contributed by atoms with Crippen molar-refractivity contribution < 1.29 is 22.4 Å². The van der Waals surface area contributed by atoms with Crippen LogP contribution in [0.2, 0.25) is 0 Å². The Labute approximate surface area is 142 Å². The molecule has 3 aromatic rings. The number of aromatic amines is 1. The molecule has 2 heterocycles. The second kappa shape index (κ2) is 6.16. The van der Waals surface area contributed by atoms with Crippen LogP contribution < -0.4 is 5.32 Å². The van der Waals surface area contributed by atoms with Gasteiger partial charge in [-0.05, 0) is 33.6 Å². The van der Waals surface area contributed by atoms with E-state index in [1.807, 2.05) is 5.10 Å². The Morgan fingerprint density at radius 3 is 2.46 bits per heavy atom. The molecule has 0 aliphatic rings. The molecule has 2 N–H and O–H groups in total. The number of carbonyl (C=O) groups is 1. The minimum absolute atomic E-state index is 0.0579. The molecular weight excluding hydrogens is 391 g/mol. The van der Waals surface area contributed by atoms with Crippen molar-refractivity contribution in [2.75, 3.05) is 5.32 Å². The summed E-state index contributed by atoms with van der Waals surface area (Å²) in [6.45, 7) is 0.